The third-order valence-corrected chi connectivity index (χ3v) is 4.68. The largest absolute Gasteiger partial charge is 0.483 e. The zero-order chi connectivity index (χ0) is 20.3. The van der Waals surface area contributed by atoms with E-state index in [4.69, 9.17) is 16.3 Å². The van der Waals surface area contributed by atoms with Crippen LogP contribution in [0.25, 0.3) is 5.69 Å². The lowest BCUT2D eigenvalue weighted by Crippen LogP contribution is -2.20. The minimum atomic E-state index is -0.257. The molecule has 0 fully saturated rings. The molecular weight excluding hydrogens is 378 g/mol. The third kappa shape index (κ3) is 4.48. The van der Waals surface area contributed by atoms with E-state index < -0.39 is 0 Å². The van der Waals surface area contributed by atoms with E-state index in [2.05, 4.69) is 34.7 Å². The lowest BCUT2D eigenvalue weighted by atomic mass is 10.0. The molecule has 1 N–H and O–H groups in total. The molecule has 2 aromatic carbocycles. The van der Waals surface area contributed by atoms with E-state index in [1.807, 2.05) is 31.2 Å². The quantitative estimate of drug-likeness (QED) is 0.675. The molecule has 0 aliphatic rings. The first-order valence-electron chi connectivity index (χ1n) is 8.93. The molecule has 0 bridgehead atoms. The van der Waals surface area contributed by atoms with E-state index >= 15 is 0 Å². The van der Waals surface area contributed by atoms with Crippen molar-refractivity contribution in [2.75, 3.05) is 11.9 Å². The van der Waals surface area contributed by atoms with Crippen LogP contribution in [0, 0.1) is 13.8 Å². The summed E-state index contributed by atoms with van der Waals surface area (Å²) >= 11 is 6.22. The second-order valence-electron chi connectivity index (χ2n) is 6.82. The van der Waals surface area contributed by atoms with Gasteiger partial charge in [0.05, 0.1) is 5.69 Å². The topological polar surface area (TPSA) is 81.9 Å². The first-order chi connectivity index (χ1) is 13.3. The van der Waals surface area contributed by atoms with Crippen molar-refractivity contribution < 1.29 is 9.53 Å². The van der Waals surface area contributed by atoms with E-state index in [9.17, 15) is 4.79 Å². The molecule has 0 saturated carbocycles. The van der Waals surface area contributed by atoms with Crippen LogP contribution in [0.1, 0.15) is 36.7 Å². The van der Waals surface area contributed by atoms with E-state index in [0.717, 1.165) is 16.8 Å². The molecule has 1 heterocycles. The Morgan fingerprint density at radius 2 is 2.04 bits per heavy atom. The van der Waals surface area contributed by atoms with Crippen molar-refractivity contribution in [2.45, 2.75) is 33.6 Å². The Hall–Kier alpha value is -2.93. The van der Waals surface area contributed by atoms with Gasteiger partial charge in [-0.1, -0.05) is 31.5 Å². The van der Waals surface area contributed by atoms with Crippen LogP contribution in [0.3, 0.4) is 0 Å². The van der Waals surface area contributed by atoms with Crippen LogP contribution in [0.4, 0.5) is 5.69 Å². The summed E-state index contributed by atoms with van der Waals surface area (Å²) in [4.78, 5) is 12.4. The molecule has 1 aromatic heterocycles. The molecular formula is C20H22ClN5O2. The molecule has 3 rings (SSSR count). The number of nitrogens with one attached hydrogen (secondary N) is 1. The summed E-state index contributed by atoms with van der Waals surface area (Å²) in [5.41, 5.74) is 3.28. The predicted octanol–water partition coefficient (Wildman–Crippen LogP) is 4.07. The summed E-state index contributed by atoms with van der Waals surface area (Å²) < 4.78 is 7.38. The van der Waals surface area contributed by atoms with Crippen molar-refractivity contribution in [3.63, 3.8) is 0 Å². The third-order valence-electron chi connectivity index (χ3n) is 4.27. The van der Waals surface area contributed by atoms with Gasteiger partial charge in [-0.2, -0.15) is 4.68 Å². The van der Waals surface area contributed by atoms with Crippen LogP contribution in [0.15, 0.2) is 36.4 Å². The van der Waals surface area contributed by atoms with Crippen molar-refractivity contribution in [1.29, 1.82) is 0 Å². The number of ether oxygens (including phenoxy) is 1. The van der Waals surface area contributed by atoms with Gasteiger partial charge < -0.3 is 10.1 Å². The van der Waals surface area contributed by atoms with Gasteiger partial charge in [0.1, 0.15) is 5.75 Å². The zero-order valence-corrected chi connectivity index (χ0v) is 17.0. The number of rotatable bonds is 6. The smallest absolute Gasteiger partial charge is 0.262 e. The molecule has 0 radical (unpaired) electrons. The Balaban J connectivity index is 1.69. The van der Waals surface area contributed by atoms with Gasteiger partial charge in [-0.15, -0.1) is 5.10 Å². The molecule has 8 heteroatoms. The fourth-order valence-electron chi connectivity index (χ4n) is 2.77. The number of hydrogen-bond donors (Lipinski definition) is 1. The van der Waals surface area contributed by atoms with Crippen LogP contribution in [-0.2, 0) is 4.79 Å². The summed E-state index contributed by atoms with van der Waals surface area (Å²) in [5, 5.41) is 15.0. The standard InChI is InChI=1S/C20H22ClN5O2/c1-12(2)17-10-18(21)13(3)8-19(17)28-11-20(27)22-15-6-5-7-16(9-15)26-14(4)23-24-25-26/h5-10,12H,11H2,1-4H3,(H,22,27). The van der Waals surface area contributed by atoms with E-state index in [-0.39, 0.29) is 18.4 Å². The fourth-order valence-corrected chi connectivity index (χ4v) is 2.94. The lowest BCUT2D eigenvalue weighted by molar-refractivity contribution is -0.118. The highest BCUT2D eigenvalue weighted by molar-refractivity contribution is 6.31. The fraction of sp³-hybridized carbons (Fsp3) is 0.300. The Bertz CT molecular complexity index is 1000. The van der Waals surface area contributed by atoms with Crippen LogP contribution >= 0.6 is 11.6 Å². The SMILES string of the molecule is Cc1cc(OCC(=O)Nc2cccc(-n3nnnc3C)c2)c(C(C)C)cc1Cl. The Morgan fingerprint density at radius 3 is 2.71 bits per heavy atom. The molecule has 0 aliphatic heterocycles. The highest BCUT2D eigenvalue weighted by atomic mass is 35.5. The molecule has 0 unspecified atom stereocenters. The second-order valence-corrected chi connectivity index (χ2v) is 7.23. The summed E-state index contributed by atoms with van der Waals surface area (Å²) in [6, 6.07) is 11.0. The molecule has 146 valence electrons. The Labute approximate surface area is 168 Å². The number of hydrogen-bond acceptors (Lipinski definition) is 5. The maximum atomic E-state index is 12.4. The summed E-state index contributed by atoms with van der Waals surface area (Å²) in [6.07, 6.45) is 0. The Kier molecular flexibility index (Phi) is 5.94. The van der Waals surface area contributed by atoms with Crippen molar-refractivity contribution in [3.05, 3.63) is 58.4 Å². The van der Waals surface area contributed by atoms with Crippen molar-refractivity contribution in [3.8, 4) is 11.4 Å². The van der Waals surface area contributed by atoms with Gasteiger partial charge >= 0.3 is 0 Å². The van der Waals surface area contributed by atoms with E-state index in [1.165, 1.54) is 0 Å². The van der Waals surface area contributed by atoms with E-state index in [0.29, 0.717) is 22.3 Å². The molecule has 7 nitrogen and oxygen atoms in total. The summed E-state index contributed by atoms with van der Waals surface area (Å²) in [7, 11) is 0. The number of benzene rings is 2. The number of nitrogens with zero attached hydrogens (tertiary/aromatic N) is 4. The zero-order valence-electron chi connectivity index (χ0n) is 16.2. The van der Waals surface area contributed by atoms with E-state index in [1.54, 1.807) is 23.7 Å². The number of tetrazole rings is 1. The van der Waals surface area contributed by atoms with Gasteiger partial charge in [-0.3, -0.25) is 4.79 Å². The van der Waals surface area contributed by atoms with Crippen LogP contribution in [0.5, 0.6) is 5.75 Å². The normalized spacial score (nSPS) is 10.9. The number of aromatic nitrogens is 4. The average Bonchev–Trinajstić information content (AvgIpc) is 3.08. The maximum absolute atomic E-state index is 12.4. The molecule has 0 aliphatic carbocycles. The van der Waals surface area contributed by atoms with Gasteiger partial charge in [0.25, 0.3) is 5.91 Å². The van der Waals surface area contributed by atoms with Crippen LogP contribution in [-0.4, -0.2) is 32.7 Å². The molecule has 0 spiro atoms. The summed E-state index contributed by atoms with van der Waals surface area (Å²) in [6.45, 7) is 7.72. The monoisotopic (exact) mass is 399 g/mol. The predicted molar refractivity (Wildman–Crippen MR) is 108 cm³/mol. The van der Waals surface area contributed by atoms with Crippen molar-refractivity contribution >= 4 is 23.2 Å². The first kappa shape index (κ1) is 19.8. The first-order valence-corrected chi connectivity index (χ1v) is 9.31. The van der Waals surface area contributed by atoms with Crippen LogP contribution in [0.2, 0.25) is 5.02 Å². The second kappa shape index (κ2) is 8.39. The van der Waals surface area contributed by atoms with Gasteiger partial charge in [0, 0.05) is 10.7 Å². The number of carbonyl (C=O) groups is 1. The number of amides is 1. The molecule has 3 aromatic rings. The lowest BCUT2D eigenvalue weighted by Gasteiger charge is -2.16. The van der Waals surface area contributed by atoms with Crippen molar-refractivity contribution in [1.82, 2.24) is 20.2 Å². The average molecular weight is 400 g/mol. The Morgan fingerprint density at radius 1 is 1.25 bits per heavy atom. The van der Waals surface area contributed by atoms with Gasteiger partial charge in [0.15, 0.2) is 12.4 Å². The number of halogens is 1. The summed E-state index contributed by atoms with van der Waals surface area (Å²) in [5.74, 6) is 1.30. The van der Waals surface area contributed by atoms with Gasteiger partial charge in [-0.25, -0.2) is 0 Å². The molecule has 0 saturated heterocycles. The highest BCUT2D eigenvalue weighted by Gasteiger charge is 2.13. The molecule has 1 amide bonds. The molecule has 28 heavy (non-hydrogen) atoms. The van der Waals surface area contributed by atoms with Gasteiger partial charge in [0.2, 0.25) is 0 Å². The van der Waals surface area contributed by atoms with Gasteiger partial charge in [-0.05, 0) is 71.7 Å². The molecule has 0 atom stereocenters. The minimum Gasteiger partial charge on any atom is -0.483 e. The van der Waals surface area contributed by atoms with Crippen molar-refractivity contribution in [2.24, 2.45) is 0 Å². The number of aryl methyl sites for hydroxylation is 2. The number of anilines is 1. The van der Waals surface area contributed by atoms with Crippen LogP contribution < -0.4 is 10.1 Å². The number of carbonyl (C=O) groups excluding carboxylic acids is 1. The maximum Gasteiger partial charge on any atom is 0.262 e. The minimum absolute atomic E-state index is 0.102. The highest BCUT2D eigenvalue weighted by Crippen LogP contribution is 2.32.